The molecule has 2 aromatic carbocycles. The van der Waals surface area contributed by atoms with Gasteiger partial charge in [-0.05, 0) is 72.3 Å². The number of hydrogen-bond acceptors (Lipinski definition) is 3. The van der Waals surface area contributed by atoms with Gasteiger partial charge in [-0.1, -0.05) is 17.7 Å². The van der Waals surface area contributed by atoms with E-state index < -0.39 is 0 Å². The molecule has 6 heteroatoms. The van der Waals surface area contributed by atoms with Gasteiger partial charge in [-0.15, -0.1) is 0 Å². The van der Waals surface area contributed by atoms with Crippen molar-refractivity contribution >= 4 is 40.1 Å². The second-order valence-electron chi connectivity index (χ2n) is 6.85. The third kappa shape index (κ3) is 5.77. The van der Waals surface area contributed by atoms with Crippen LogP contribution in [0.15, 0.2) is 48.5 Å². The molecule has 1 aliphatic rings. The second kappa shape index (κ2) is 9.32. The molecule has 0 atom stereocenters. The quantitative estimate of drug-likeness (QED) is 0.688. The number of nitrogens with one attached hydrogen (secondary N) is 1. The number of carbonyl (C=O) groups is 2. The monoisotopic (exact) mass is 477 g/mol. The lowest BCUT2D eigenvalue weighted by atomic mass is 10.1. The highest BCUT2D eigenvalue weighted by Gasteiger charge is 2.21. The summed E-state index contributed by atoms with van der Waals surface area (Å²) in [6.45, 7) is 5.23. The van der Waals surface area contributed by atoms with Crippen LogP contribution < -0.4 is 5.32 Å². The summed E-state index contributed by atoms with van der Waals surface area (Å²) in [4.78, 5) is 29.1. The fourth-order valence-corrected chi connectivity index (χ4v) is 3.59. The van der Waals surface area contributed by atoms with Crippen LogP contribution in [0.2, 0.25) is 0 Å². The molecule has 3 rings (SSSR count). The molecule has 0 saturated carbocycles. The number of carbonyl (C=O) groups excluding carboxylic acids is 2. The standard InChI is InChI=1S/C21H24IN3O2/c1-16-4-2-5-17(14-16)21(27)25-11-3-10-24(12-13-25)15-20(26)23-19-8-6-18(22)7-9-19/h2,4-9,14H,3,10-13,15H2,1H3,(H,23,26). The Balaban J connectivity index is 1.52. The van der Waals surface area contributed by atoms with E-state index in [2.05, 4.69) is 32.8 Å². The Labute approximate surface area is 173 Å². The molecular weight excluding hydrogens is 453 g/mol. The number of aryl methyl sites for hydroxylation is 1. The van der Waals surface area contributed by atoms with Crippen LogP contribution in [0.4, 0.5) is 5.69 Å². The summed E-state index contributed by atoms with van der Waals surface area (Å²) < 4.78 is 1.14. The molecule has 0 radical (unpaired) electrons. The van der Waals surface area contributed by atoms with Crippen LogP contribution in [0.3, 0.4) is 0 Å². The van der Waals surface area contributed by atoms with Crippen LogP contribution in [0.1, 0.15) is 22.3 Å². The van der Waals surface area contributed by atoms with Crippen LogP contribution in [0, 0.1) is 10.5 Å². The number of rotatable bonds is 4. The molecule has 1 aliphatic heterocycles. The number of hydrogen-bond donors (Lipinski definition) is 1. The Hall–Kier alpha value is -1.93. The smallest absolute Gasteiger partial charge is 0.253 e. The Morgan fingerprint density at radius 3 is 2.56 bits per heavy atom. The minimum Gasteiger partial charge on any atom is -0.337 e. The zero-order valence-electron chi connectivity index (χ0n) is 15.5. The zero-order chi connectivity index (χ0) is 19.2. The van der Waals surface area contributed by atoms with Gasteiger partial charge in [0.25, 0.3) is 5.91 Å². The van der Waals surface area contributed by atoms with E-state index in [0.717, 1.165) is 39.9 Å². The normalized spacial score (nSPS) is 15.3. The van der Waals surface area contributed by atoms with Gasteiger partial charge in [0, 0.05) is 41.0 Å². The molecule has 27 heavy (non-hydrogen) atoms. The largest absolute Gasteiger partial charge is 0.337 e. The van der Waals surface area contributed by atoms with Crippen LogP contribution in [-0.4, -0.2) is 54.3 Å². The fraction of sp³-hybridized carbons (Fsp3) is 0.333. The average Bonchev–Trinajstić information content (AvgIpc) is 2.88. The van der Waals surface area contributed by atoms with E-state index in [0.29, 0.717) is 19.6 Å². The summed E-state index contributed by atoms with van der Waals surface area (Å²) in [5, 5.41) is 2.94. The van der Waals surface area contributed by atoms with Crippen LogP contribution in [-0.2, 0) is 4.79 Å². The lowest BCUT2D eigenvalue weighted by molar-refractivity contribution is -0.117. The van der Waals surface area contributed by atoms with Gasteiger partial charge in [0.1, 0.15) is 0 Å². The Kier molecular flexibility index (Phi) is 6.84. The molecule has 1 saturated heterocycles. The molecule has 5 nitrogen and oxygen atoms in total. The number of benzene rings is 2. The van der Waals surface area contributed by atoms with Crippen molar-refractivity contribution in [3.8, 4) is 0 Å². The first-order valence-corrected chi connectivity index (χ1v) is 10.2. The molecule has 1 N–H and O–H groups in total. The first-order chi connectivity index (χ1) is 13.0. The number of halogens is 1. The van der Waals surface area contributed by atoms with Crippen molar-refractivity contribution < 1.29 is 9.59 Å². The molecule has 0 bridgehead atoms. The van der Waals surface area contributed by atoms with Gasteiger partial charge in [-0.25, -0.2) is 0 Å². The van der Waals surface area contributed by atoms with E-state index >= 15 is 0 Å². The molecule has 0 unspecified atom stereocenters. The van der Waals surface area contributed by atoms with E-state index in [1.807, 2.05) is 60.4 Å². The van der Waals surface area contributed by atoms with Gasteiger partial charge in [-0.3, -0.25) is 14.5 Å². The van der Waals surface area contributed by atoms with Gasteiger partial charge < -0.3 is 10.2 Å². The molecule has 1 heterocycles. The molecule has 2 aromatic rings. The van der Waals surface area contributed by atoms with Crippen molar-refractivity contribution in [3.05, 3.63) is 63.2 Å². The molecule has 0 aromatic heterocycles. The highest BCUT2D eigenvalue weighted by atomic mass is 127. The minimum atomic E-state index is -0.0188. The predicted octanol–water partition coefficient (Wildman–Crippen LogP) is 3.39. The van der Waals surface area contributed by atoms with E-state index in [9.17, 15) is 9.59 Å². The Morgan fingerprint density at radius 1 is 1.04 bits per heavy atom. The topological polar surface area (TPSA) is 52.7 Å². The van der Waals surface area contributed by atoms with Crippen molar-refractivity contribution in [2.45, 2.75) is 13.3 Å². The summed E-state index contributed by atoms with van der Waals surface area (Å²) in [7, 11) is 0. The summed E-state index contributed by atoms with van der Waals surface area (Å²) in [6, 6.07) is 15.5. The summed E-state index contributed by atoms with van der Waals surface area (Å²) >= 11 is 2.24. The van der Waals surface area contributed by atoms with E-state index in [1.165, 1.54) is 0 Å². The number of anilines is 1. The molecular formula is C21H24IN3O2. The SMILES string of the molecule is Cc1cccc(C(=O)N2CCCN(CC(=O)Nc3ccc(I)cc3)CC2)c1. The van der Waals surface area contributed by atoms with Crippen molar-refractivity contribution in [1.29, 1.82) is 0 Å². The van der Waals surface area contributed by atoms with Crippen molar-refractivity contribution in [2.75, 3.05) is 38.0 Å². The van der Waals surface area contributed by atoms with Gasteiger partial charge >= 0.3 is 0 Å². The third-order valence-corrected chi connectivity index (χ3v) is 5.36. The molecule has 1 fully saturated rings. The van der Waals surface area contributed by atoms with Gasteiger partial charge in [0.15, 0.2) is 0 Å². The maximum absolute atomic E-state index is 12.7. The zero-order valence-corrected chi connectivity index (χ0v) is 17.6. The van der Waals surface area contributed by atoms with E-state index in [1.54, 1.807) is 0 Å². The maximum atomic E-state index is 12.7. The summed E-state index contributed by atoms with van der Waals surface area (Å²) in [5.41, 5.74) is 2.64. The van der Waals surface area contributed by atoms with Crippen LogP contribution >= 0.6 is 22.6 Å². The maximum Gasteiger partial charge on any atom is 0.253 e. The third-order valence-electron chi connectivity index (χ3n) is 4.64. The first-order valence-electron chi connectivity index (χ1n) is 9.15. The van der Waals surface area contributed by atoms with Crippen LogP contribution in [0.25, 0.3) is 0 Å². The molecule has 2 amide bonds. The molecule has 0 spiro atoms. The van der Waals surface area contributed by atoms with Gasteiger partial charge in [-0.2, -0.15) is 0 Å². The van der Waals surface area contributed by atoms with Crippen molar-refractivity contribution in [2.24, 2.45) is 0 Å². The summed E-state index contributed by atoms with van der Waals surface area (Å²) in [5.74, 6) is 0.0542. The second-order valence-corrected chi connectivity index (χ2v) is 8.09. The number of nitrogens with zero attached hydrogens (tertiary/aromatic N) is 2. The van der Waals surface area contributed by atoms with Crippen molar-refractivity contribution in [3.63, 3.8) is 0 Å². The lowest BCUT2D eigenvalue weighted by Gasteiger charge is -2.22. The van der Waals surface area contributed by atoms with Gasteiger partial charge in [0.2, 0.25) is 5.91 Å². The predicted molar refractivity (Wildman–Crippen MR) is 116 cm³/mol. The summed E-state index contributed by atoms with van der Waals surface area (Å²) in [6.07, 6.45) is 0.869. The fourth-order valence-electron chi connectivity index (χ4n) is 3.23. The highest BCUT2D eigenvalue weighted by Crippen LogP contribution is 2.13. The van der Waals surface area contributed by atoms with Crippen LogP contribution in [0.5, 0.6) is 0 Å². The van der Waals surface area contributed by atoms with E-state index in [4.69, 9.17) is 0 Å². The average molecular weight is 477 g/mol. The van der Waals surface area contributed by atoms with Crippen molar-refractivity contribution in [1.82, 2.24) is 9.80 Å². The lowest BCUT2D eigenvalue weighted by Crippen LogP contribution is -2.38. The number of amides is 2. The highest BCUT2D eigenvalue weighted by molar-refractivity contribution is 14.1. The van der Waals surface area contributed by atoms with E-state index in [-0.39, 0.29) is 11.8 Å². The molecule has 142 valence electrons. The van der Waals surface area contributed by atoms with Gasteiger partial charge in [0.05, 0.1) is 6.54 Å². The molecule has 0 aliphatic carbocycles. The minimum absolute atomic E-state index is 0.0188. The Morgan fingerprint density at radius 2 is 1.81 bits per heavy atom. The first kappa shape index (κ1) is 19.8. The Bertz CT molecular complexity index is 807.